The average molecular weight is 589 g/mol. The highest BCUT2D eigenvalue weighted by Crippen LogP contribution is 2.33. The molecule has 1 saturated carbocycles. The van der Waals surface area contributed by atoms with Gasteiger partial charge in [0.25, 0.3) is 11.8 Å². The van der Waals surface area contributed by atoms with Crippen molar-refractivity contribution in [1.29, 1.82) is 0 Å². The Labute approximate surface area is 256 Å². The lowest BCUT2D eigenvalue weighted by molar-refractivity contribution is 0.0935. The number of hydrogen-bond acceptors (Lipinski definition) is 6. The second kappa shape index (κ2) is 12.6. The molecule has 44 heavy (non-hydrogen) atoms. The van der Waals surface area contributed by atoms with Crippen molar-refractivity contribution < 1.29 is 14.3 Å². The molecule has 1 atom stereocenters. The molecule has 0 radical (unpaired) electrons. The summed E-state index contributed by atoms with van der Waals surface area (Å²) >= 11 is 0. The highest BCUT2D eigenvalue weighted by Gasteiger charge is 2.24. The van der Waals surface area contributed by atoms with Crippen molar-refractivity contribution in [3.05, 3.63) is 108 Å². The van der Waals surface area contributed by atoms with Gasteiger partial charge < -0.3 is 25.7 Å². The third-order valence-electron chi connectivity index (χ3n) is 7.51. The molecule has 2 amide bonds. The third-order valence-corrected chi connectivity index (χ3v) is 7.51. The van der Waals surface area contributed by atoms with Gasteiger partial charge in [-0.15, -0.1) is 0 Å². The number of H-pyrrole nitrogens is 1. The molecule has 1 fully saturated rings. The molecule has 1 unspecified atom stereocenters. The molecule has 0 aliphatic heterocycles. The molecule has 3 heterocycles. The fraction of sp³-hybridized carbons (Fsp3) is 0.257. The van der Waals surface area contributed by atoms with Gasteiger partial charge in [0.1, 0.15) is 17.2 Å². The molecule has 0 bridgehead atoms. The van der Waals surface area contributed by atoms with Gasteiger partial charge in [-0.3, -0.25) is 9.59 Å². The highest BCUT2D eigenvalue weighted by atomic mass is 16.5. The summed E-state index contributed by atoms with van der Waals surface area (Å²) in [6.07, 6.45) is 7.20. The van der Waals surface area contributed by atoms with Gasteiger partial charge in [0.15, 0.2) is 0 Å². The van der Waals surface area contributed by atoms with Crippen LogP contribution < -0.4 is 20.7 Å². The molecular formula is C35H36N6O3. The number of benzene rings is 2. The van der Waals surface area contributed by atoms with Gasteiger partial charge in [-0.1, -0.05) is 30.3 Å². The SMILES string of the molecule is CC(C)Oc1cc(CNc2ncccc2C(=O)NC(C)c2ccccc2)cc(-c2c[nH]c3ncc(C(=O)NC4CC4)cc23)c1. The maximum Gasteiger partial charge on any atom is 0.255 e. The Morgan fingerprint density at radius 3 is 2.57 bits per heavy atom. The first-order valence-electron chi connectivity index (χ1n) is 15.0. The van der Waals surface area contributed by atoms with Crippen molar-refractivity contribution >= 4 is 28.7 Å². The van der Waals surface area contributed by atoms with Gasteiger partial charge in [-0.2, -0.15) is 0 Å². The largest absolute Gasteiger partial charge is 0.491 e. The van der Waals surface area contributed by atoms with Crippen LogP contribution in [0.2, 0.25) is 0 Å². The van der Waals surface area contributed by atoms with Crippen molar-refractivity contribution in [2.45, 2.75) is 58.3 Å². The maximum atomic E-state index is 13.3. The van der Waals surface area contributed by atoms with Gasteiger partial charge in [0.05, 0.1) is 23.3 Å². The molecule has 0 spiro atoms. The zero-order valence-corrected chi connectivity index (χ0v) is 25.1. The first-order chi connectivity index (χ1) is 21.3. The van der Waals surface area contributed by atoms with Crippen molar-refractivity contribution in [2.24, 2.45) is 0 Å². The summed E-state index contributed by atoms with van der Waals surface area (Å²) in [4.78, 5) is 38.2. The van der Waals surface area contributed by atoms with Gasteiger partial charge in [-0.25, -0.2) is 9.97 Å². The fourth-order valence-corrected chi connectivity index (χ4v) is 5.14. The summed E-state index contributed by atoms with van der Waals surface area (Å²) < 4.78 is 6.12. The second-order valence-corrected chi connectivity index (χ2v) is 11.5. The van der Waals surface area contributed by atoms with Crippen LogP contribution in [0.25, 0.3) is 22.2 Å². The average Bonchev–Trinajstić information content (AvgIpc) is 3.74. The number of pyridine rings is 2. The molecule has 9 nitrogen and oxygen atoms in total. The van der Waals surface area contributed by atoms with Crippen LogP contribution in [0.1, 0.15) is 71.5 Å². The molecule has 2 aromatic carbocycles. The van der Waals surface area contributed by atoms with Crippen LogP contribution >= 0.6 is 0 Å². The van der Waals surface area contributed by atoms with Crippen molar-refractivity contribution in [1.82, 2.24) is 25.6 Å². The number of rotatable bonds is 11. The van der Waals surface area contributed by atoms with Crippen molar-refractivity contribution in [3.63, 3.8) is 0 Å². The Bertz CT molecular complexity index is 1800. The third kappa shape index (κ3) is 6.72. The van der Waals surface area contributed by atoms with E-state index in [0.717, 1.165) is 46.2 Å². The lowest BCUT2D eigenvalue weighted by Crippen LogP contribution is -2.27. The number of anilines is 1. The Kier molecular flexibility index (Phi) is 8.27. The smallest absolute Gasteiger partial charge is 0.255 e. The van der Waals surface area contributed by atoms with Crippen molar-refractivity contribution in [3.8, 4) is 16.9 Å². The maximum absolute atomic E-state index is 13.3. The Morgan fingerprint density at radius 1 is 0.977 bits per heavy atom. The lowest BCUT2D eigenvalue weighted by atomic mass is 10.0. The number of amides is 2. The molecule has 6 rings (SSSR count). The summed E-state index contributed by atoms with van der Waals surface area (Å²) in [5.74, 6) is 0.895. The van der Waals surface area contributed by atoms with Crippen LogP contribution in [0.15, 0.2) is 85.3 Å². The quantitative estimate of drug-likeness (QED) is 0.142. The molecule has 4 N–H and O–H groups in total. The van der Waals surface area contributed by atoms with E-state index in [0.29, 0.717) is 29.1 Å². The molecule has 1 aliphatic carbocycles. The number of nitrogens with one attached hydrogen (secondary N) is 4. The van der Waals surface area contributed by atoms with E-state index >= 15 is 0 Å². The van der Waals surface area contributed by atoms with E-state index in [-0.39, 0.29) is 30.0 Å². The van der Waals surface area contributed by atoms with Crippen molar-refractivity contribution in [2.75, 3.05) is 5.32 Å². The minimum Gasteiger partial charge on any atom is -0.491 e. The first kappa shape index (κ1) is 28.9. The number of nitrogens with zero attached hydrogens (tertiary/aromatic N) is 2. The molecule has 3 aromatic heterocycles. The lowest BCUT2D eigenvalue weighted by Gasteiger charge is -2.17. The number of ether oxygens (including phenoxy) is 1. The molecule has 0 saturated heterocycles. The molecular weight excluding hydrogens is 552 g/mol. The zero-order chi connectivity index (χ0) is 30.6. The minimum atomic E-state index is -0.206. The molecule has 1 aliphatic rings. The summed E-state index contributed by atoms with van der Waals surface area (Å²) in [7, 11) is 0. The number of carbonyl (C=O) groups excluding carboxylic acids is 2. The van der Waals surface area contributed by atoms with E-state index in [2.05, 4.69) is 37.0 Å². The van der Waals surface area contributed by atoms with E-state index < -0.39 is 0 Å². The molecule has 9 heteroatoms. The Morgan fingerprint density at radius 2 is 1.80 bits per heavy atom. The van der Waals surface area contributed by atoms with E-state index in [9.17, 15) is 9.59 Å². The van der Waals surface area contributed by atoms with Crippen LogP contribution in [0, 0.1) is 0 Å². The molecule has 5 aromatic rings. The Hall–Kier alpha value is -5.18. The van der Waals surface area contributed by atoms with Crippen LogP contribution in [-0.2, 0) is 6.54 Å². The summed E-state index contributed by atoms with van der Waals surface area (Å²) in [5.41, 5.74) is 5.50. The second-order valence-electron chi connectivity index (χ2n) is 11.5. The number of fused-ring (bicyclic) bond motifs is 1. The summed E-state index contributed by atoms with van der Waals surface area (Å²) in [6, 6.07) is 21.4. The summed E-state index contributed by atoms with van der Waals surface area (Å²) in [5, 5.41) is 10.3. The first-order valence-corrected chi connectivity index (χ1v) is 15.0. The standard InChI is InChI=1S/C35H36N6O3/c1-21(2)44-28-15-23(18-37-32-29(10-7-13-36-32)35(43)40-22(3)24-8-5-4-6-9-24)14-25(16-28)31-20-39-33-30(31)17-26(19-38-33)34(42)41-27-11-12-27/h4-10,13-17,19-22,27H,11-12,18H2,1-3H3,(H,36,37)(H,38,39)(H,40,43)(H,41,42). The highest BCUT2D eigenvalue weighted by molar-refractivity contribution is 6.01. The topological polar surface area (TPSA) is 121 Å². The van der Waals surface area contributed by atoms with Crippen LogP contribution in [0.4, 0.5) is 5.82 Å². The van der Waals surface area contributed by atoms with Crippen LogP contribution in [-0.4, -0.2) is 38.9 Å². The van der Waals surface area contributed by atoms with Crippen LogP contribution in [0.3, 0.4) is 0 Å². The van der Waals surface area contributed by atoms with Crippen LogP contribution in [0.5, 0.6) is 5.75 Å². The normalized spacial score (nSPS) is 13.5. The number of hydrogen-bond donors (Lipinski definition) is 4. The number of aromatic amines is 1. The number of carbonyl (C=O) groups is 2. The predicted molar refractivity (Wildman–Crippen MR) is 172 cm³/mol. The van der Waals surface area contributed by atoms with E-state index in [4.69, 9.17) is 4.74 Å². The predicted octanol–water partition coefficient (Wildman–Crippen LogP) is 6.41. The molecule has 224 valence electrons. The number of aromatic nitrogens is 3. The van der Waals surface area contributed by atoms with E-state index in [1.165, 1.54) is 0 Å². The zero-order valence-electron chi connectivity index (χ0n) is 25.1. The minimum absolute atomic E-state index is 0.0221. The van der Waals surface area contributed by atoms with E-state index in [1.54, 1.807) is 24.5 Å². The van der Waals surface area contributed by atoms with Gasteiger partial charge in [-0.05, 0) is 86.7 Å². The van der Waals surface area contributed by atoms with Gasteiger partial charge in [0.2, 0.25) is 0 Å². The summed E-state index contributed by atoms with van der Waals surface area (Å²) in [6.45, 7) is 6.34. The van der Waals surface area contributed by atoms with Gasteiger partial charge in [0, 0.05) is 42.1 Å². The van der Waals surface area contributed by atoms with E-state index in [1.807, 2.05) is 75.5 Å². The van der Waals surface area contributed by atoms with Gasteiger partial charge >= 0.3 is 0 Å². The monoisotopic (exact) mass is 588 g/mol. The Balaban J connectivity index is 1.26. The fourth-order valence-electron chi connectivity index (χ4n) is 5.14.